The van der Waals surface area contributed by atoms with E-state index in [9.17, 15) is 22.4 Å². The molecular formula is C9H6F4O2. The average Bonchev–Trinajstić information content (AvgIpc) is 2.06. The van der Waals surface area contributed by atoms with Crippen molar-refractivity contribution in [2.24, 2.45) is 0 Å². The average molecular weight is 222 g/mol. The van der Waals surface area contributed by atoms with Gasteiger partial charge in [-0.05, 0) is 19.1 Å². The van der Waals surface area contributed by atoms with E-state index in [1.807, 2.05) is 0 Å². The van der Waals surface area contributed by atoms with Crippen molar-refractivity contribution in [3.63, 3.8) is 0 Å². The smallest absolute Gasteiger partial charge is 0.416 e. The number of phenols is 1. The second-order valence-electron chi connectivity index (χ2n) is 2.91. The molecule has 0 fully saturated rings. The summed E-state index contributed by atoms with van der Waals surface area (Å²) in [5.41, 5.74) is -1.98. The lowest BCUT2D eigenvalue weighted by molar-refractivity contribution is -0.137. The van der Waals surface area contributed by atoms with Crippen LogP contribution in [0.15, 0.2) is 12.1 Å². The quantitative estimate of drug-likeness (QED) is 0.586. The Kier molecular flexibility index (Phi) is 2.70. The SMILES string of the molecule is CC(=O)c1cc(C(F)(F)F)cc(F)c1O. The van der Waals surface area contributed by atoms with Gasteiger partial charge in [0.2, 0.25) is 0 Å². The summed E-state index contributed by atoms with van der Waals surface area (Å²) >= 11 is 0. The summed E-state index contributed by atoms with van der Waals surface area (Å²) in [6, 6.07) is 0.558. The summed E-state index contributed by atoms with van der Waals surface area (Å²) in [5, 5.41) is 8.99. The van der Waals surface area contributed by atoms with Crippen LogP contribution in [0.25, 0.3) is 0 Å². The molecule has 0 radical (unpaired) electrons. The van der Waals surface area contributed by atoms with Crippen molar-refractivity contribution >= 4 is 5.78 Å². The molecular weight excluding hydrogens is 216 g/mol. The molecule has 0 aliphatic heterocycles. The van der Waals surface area contributed by atoms with Gasteiger partial charge < -0.3 is 5.11 Å². The molecule has 0 unspecified atom stereocenters. The zero-order valence-electron chi connectivity index (χ0n) is 7.52. The van der Waals surface area contributed by atoms with Crippen LogP contribution in [0.2, 0.25) is 0 Å². The van der Waals surface area contributed by atoms with E-state index in [0.29, 0.717) is 6.07 Å². The number of benzene rings is 1. The lowest BCUT2D eigenvalue weighted by atomic mass is 10.1. The first-order valence-corrected chi connectivity index (χ1v) is 3.84. The summed E-state index contributed by atoms with van der Waals surface area (Å²) in [4.78, 5) is 10.8. The molecule has 0 saturated carbocycles. The van der Waals surface area contributed by atoms with Gasteiger partial charge in [-0.15, -0.1) is 0 Å². The number of rotatable bonds is 1. The lowest BCUT2D eigenvalue weighted by Crippen LogP contribution is -2.08. The van der Waals surface area contributed by atoms with Crippen molar-refractivity contribution < 1.29 is 27.5 Å². The third-order valence-corrected chi connectivity index (χ3v) is 1.77. The van der Waals surface area contributed by atoms with E-state index in [0.717, 1.165) is 6.92 Å². The van der Waals surface area contributed by atoms with Crippen LogP contribution in [0.3, 0.4) is 0 Å². The molecule has 0 aliphatic rings. The molecule has 0 saturated heterocycles. The first-order chi connectivity index (χ1) is 6.73. The second kappa shape index (κ2) is 3.52. The molecule has 1 rings (SSSR count). The molecule has 0 amide bonds. The molecule has 0 spiro atoms. The second-order valence-corrected chi connectivity index (χ2v) is 2.91. The van der Waals surface area contributed by atoms with E-state index in [1.54, 1.807) is 0 Å². The molecule has 82 valence electrons. The lowest BCUT2D eigenvalue weighted by Gasteiger charge is -2.09. The van der Waals surface area contributed by atoms with Crippen LogP contribution in [0, 0.1) is 5.82 Å². The van der Waals surface area contributed by atoms with E-state index < -0.39 is 34.7 Å². The maximum absolute atomic E-state index is 12.8. The molecule has 0 atom stereocenters. The van der Waals surface area contributed by atoms with Crippen LogP contribution in [0.1, 0.15) is 22.8 Å². The minimum atomic E-state index is -4.75. The molecule has 0 heterocycles. The molecule has 0 aliphatic carbocycles. The van der Waals surface area contributed by atoms with Gasteiger partial charge in [0, 0.05) is 0 Å². The van der Waals surface area contributed by atoms with Crippen molar-refractivity contribution in [3.8, 4) is 5.75 Å². The van der Waals surface area contributed by atoms with Crippen LogP contribution in [-0.4, -0.2) is 10.9 Å². The Morgan fingerprint density at radius 1 is 1.33 bits per heavy atom. The van der Waals surface area contributed by atoms with Crippen LogP contribution in [0.5, 0.6) is 5.75 Å². The molecule has 1 N–H and O–H groups in total. The Bertz CT molecular complexity index is 409. The maximum atomic E-state index is 12.8. The molecule has 15 heavy (non-hydrogen) atoms. The number of hydrogen-bond acceptors (Lipinski definition) is 2. The van der Waals surface area contributed by atoms with Gasteiger partial charge in [-0.25, -0.2) is 4.39 Å². The van der Waals surface area contributed by atoms with E-state index in [4.69, 9.17) is 5.11 Å². The Morgan fingerprint density at radius 2 is 1.87 bits per heavy atom. The normalized spacial score (nSPS) is 11.5. The van der Waals surface area contributed by atoms with Gasteiger partial charge in [-0.2, -0.15) is 13.2 Å². The van der Waals surface area contributed by atoms with E-state index in [1.165, 1.54) is 0 Å². The van der Waals surface area contributed by atoms with E-state index >= 15 is 0 Å². The number of ketones is 1. The highest BCUT2D eigenvalue weighted by atomic mass is 19.4. The van der Waals surface area contributed by atoms with Crippen molar-refractivity contribution in [1.29, 1.82) is 0 Å². The number of carbonyl (C=O) groups excluding carboxylic acids is 1. The molecule has 0 aromatic heterocycles. The molecule has 0 bridgehead atoms. The Balaban J connectivity index is 3.43. The number of halogens is 4. The first kappa shape index (κ1) is 11.5. The minimum Gasteiger partial charge on any atom is -0.504 e. The Morgan fingerprint density at radius 3 is 2.27 bits per heavy atom. The predicted octanol–water partition coefficient (Wildman–Crippen LogP) is 2.75. The Labute approximate surface area is 82.1 Å². The number of hydrogen-bond donors (Lipinski definition) is 1. The first-order valence-electron chi connectivity index (χ1n) is 3.84. The zero-order valence-corrected chi connectivity index (χ0v) is 7.52. The highest BCUT2D eigenvalue weighted by Crippen LogP contribution is 2.34. The summed E-state index contributed by atoms with van der Waals surface area (Å²) in [6.07, 6.45) is -4.75. The fraction of sp³-hybridized carbons (Fsp3) is 0.222. The monoisotopic (exact) mass is 222 g/mol. The summed E-state index contributed by atoms with van der Waals surface area (Å²) in [5.74, 6) is -3.36. The topological polar surface area (TPSA) is 37.3 Å². The van der Waals surface area contributed by atoms with Gasteiger partial charge in [-0.1, -0.05) is 0 Å². The molecule has 1 aromatic carbocycles. The van der Waals surface area contributed by atoms with Gasteiger partial charge in [0.05, 0.1) is 11.1 Å². The number of Topliss-reactive ketones (excluding diaryl/α,β-unsaturated/α-hetero) is 1. The van der Waals surface area contributed by atoms with Crippen molar-refractivity contribution in [3.05, 3.63) is 29.1 Å². The largest absolute Gasteiger partial charge is 0.504 e. The third kappa shape index (κ3) is 2.26. The van der Waals surface area contributed by atoms with Crippen molar-refractivity contribution in [1.82, 2.24) is 0 Å². The van der Waals surface area contributed by atoms with Gasteiger partial charge in [-0.3, -0.25) is 4.79 Å². The summed E-state index contributed by atoms with van der Waals surface area (Å²) < 4.78 is 49.4. The highest BCUT2D eigenvalue weighted by Gasteiger charge is 2.32. The maximum Gasteiger partial charge on any atom is 0.416 e. The van der Waals surface area contributed by atoms with E-state index in [-0.39, 0.29) is 6.07 Å². The van der Waals surface area contributed by atoms with Crippen LogP contribution in [-0.2, 0) is 6.18 Å². The molecule has 2 nitrogen and oxygen atoms in total. The summed E-state index contributed by atoms with van der Waals surface area (Å²) in [7, 11) is 0. The van der Waals surface area contributed by atoms with Crippen LogP contribution in [0.4, 0.5) is 17.6 Å². The van der Waals surface area contributed by atoms with Crippen LogP contribution < -0.4 is 0 Å². The molecule has 6 heteroatoms. The number of alkyl halides is 3. The number of aromatic hydroxyl groups is 1. The Hall–Kier alpha value is -1.59. The number of carbonyl (C=O) groups is 1. The zero-order chi connectivity index (χ0) is 11.8. The van der Waals surface area contributed by atoms with Gasteiger partial charge >= 0.3 is 6.18 Å². The fourth-order valence-corrected chi connectivity index (χ4v) is 1.03. The third-order valence-electron chi connectivity index (χ3n) is 1.77. The van der Waals surface area contributed by atoms with Gasteiger partial charge in [0.15, 0.2) is 17.3 Å². The van der Waals surface area contributed by atoms with Crippen molar-refractivity contribution in [2.75, 3.05) is 0 Å². The van der Waals surface area contributed by atoms with Gasteiger partial charge in [0.1, 0.15) is 0 Å². The molecule has 1 aromatic rings. The standard InChI is InChI=1S/C9H6F4O2/c1-4(14)6-2-5(9(11,12)13)3-7(10)8(6)15/h2-3,15H,1H3. The minimum absolute atomic E-state index is 0.141. The highest BCUT2D eigenvalue weighted by molar-refractivity contribution is 5.97. The summed E-state index contributed by atoms with van der Waals surface area (Å²) in [6.45, 7) is 0.939. The van der Waals surface area contributed by atoms with E-state index in [2.05, 4.69) is 0 Å². The van der Waals surface area contributed by atoms with Crippen LogP contribution >= 0.6 is 0 Å². The van der Waals surface area contributed by atoms with Gasteiger partial charge in [0.25, 0.3) is 0 Å². The van der Waals surface area contributed by atoms with Crippen molar-refractivity contribution in [2.45, 2.75) is 13.1 Å². The predicted molar refractivity (Wildman–Crippen MR) is 43.1 cm³/mol. The number of phenolic OH excluding ortho intramolecular Hbond substituents is 1. The fourth-order valence-electron chi connectivity index (χ4n) is 1.03.